The fourth-order valence-corrected chi connectivity index (χ4v) is 2.75. The first-order valence-corrected chi connectivity index (χ1v) is 7.24. The summed E-state index contributed by atoms with van der Waals surface area (Å²) in [6.07, 6.45) is 0.386. The number of hydrogen-bond acceptors (Lipinski definition) is 4. The van der Waals surface area contributed by atoms with Crippen LogP contribution in [0.2, 0.25) is 5.02 Å². The fourth-order valence-electron chi connectivity index (χ4n) is 2.61. The van der Waals surface area contributed by atoms with E-state index < -0.39 is 23.3 Å². The highest BCUT2D eigenvalue weighted by molar-refractivity contribution is 6.30. The first-order valence-electron chi connectivity index (χ1n) is 6.87. The topological polar surface area (TPSA) is 64.2 Å². The number of carbonyl (C=O) groups excluding carboxylic acids is 1. The van der Waals surface area contributed by atoms with Crippen molar-refractivity contribution < 1.29 is 22.5 Å². The third-order valence-electron chi connectivity index (χ3n) is 3.76. The molecule has 124 valence electrons. The predicted octanol–water partition coefficient (Wildman–Crippen LogP) is 3.02. The molecule has 0 N–H and O–H groups in total. The zero-order valence-corrected chi connectivity index (χ0v) is 12.5. The van der Waals surface area contributed by atoms with Crippen LogP contribution in [0.5, 0.6) is 0 Å². The molecule has 0 unspecified atom stereocenters. The smallest absolute Gasteiger partial charge is 0.363 e. The molecular weight excluding hydrogens is 337 g/mol. The van der Waals surface area contributed by atoms with Gasteiger partial charge in [-0.1, -0.05) is 16.8 Å². The number of piperidine rings is 1. The van der Waals surface area contributed by atoms with E-state index in [9.17, 15) is 18.0 Å². The average molecular weight is 349 g/mol. The van der Waals surface area contributed by atoms with Crippen LogP contribution < -0.4 is 0 Å². The third-order valence-corrected chi connectivity index (χ3v) is 3.96. The van der Waals surface area contributed by atoms with Gasteiger partial charge in [-0.05, 0) is 12.8 Å². The fraction of sp³-hybridized carbons (Fsp3) is 0.462. The Labute approximate surface area is 133 Å². The predicted molar refractivity (Wildman–Crippen MR) is 72.9 cm³/mol. The van der Waals surface area contributed by atoms with Gasteiger partial charge in [0.1, 0.15) is 11.8 Å². The summed E-state index contributed by atoms with van der Waals surface area (Å²) in [5.74, 6) is -0.726. The highest BCUT2D eigenvalue weighted by Gasteiger charge is 2.41. The van der Waals surface area contributed by atoms with Crippen molar-refractivity contribution in [3.63, 3.8) is 0 Å². The Morgan fingerprint density at radius 1 is 1.35 bits per heavy atom. The maximum Gasteiger partial charge on any atom is 0.437 e. The van der Waals surface area contributed by atoms with Crippen molar-refractivity contribution in [2.75, 3.05) is 13.1 Å². The molecular formula is C13H12ClF3N4O2. The number of rotatable bonds is 2. The summed E-state index contributed by atoms with van der Waals surface area (Å²) in [5, 5.41) is 7.52. The molecule has 0 aliphatic carbocycles. The lowest BCUT2D eigenvalue weighted by atomic mass is 10.0. The lowest BCUT2D eigenvalue weighted by molar-refractivity contribution is -0.143. The number of alkyl halides is 3. The number of halogens is 4. The summed E-state index contributed by atoms with van der Waals surface area (Å²) in [5.41, 5.74) is -1.85. The van der Waals surface area contributed by atoms with Gasteiger partial charge in [0, 0.05) is 19.3 Å². The average Bonchev–Trinajstić information content (AvgIpc) is 3.15. The lowest BCUT2D eigenvalue weighted by Gasteiger charge is -2.32. The van der Waals surface area contributed by atoms with Crippen LogP contribution in [0.3, 0.4) is 0 Å². The van der Waals surface area contributed by atoms with Gasteiger partial charge in [0.15, 0.2) is 5.69 Å². The van der Waals surface area contributed by atoms with Crippen LogP contribution in [0.15, 0.2) is 23.2 Å². The van der Waals surface area contributed by atoms with Crippen LogP contribution in [0.4, 0.5) is 13.2 Å². The minimum absolute atomic E-state index is 0.0658. The Hall–Kier alpha value is -2.03. The van der Waals surface area contributed by atoms with Crippen molar-refractivity contribution in [2.24, 2.45) is 0 Å². The molecule has 0 saturated carbocycles. The molecule has 1 fully saturated rings. The van der Waals surface area contributed by atoms with E-state index in [1.807, 2.05) is 0 Å². The maximum atomic E-state index is 12.8. The highest BCUT2D eigenvalue weighted by atomic mass is 35.5. The minimum Gasteiger partial charge on any atom is -0.363 e. The molecule has 0 radical (unpaired) electrons. The van der Waals surface area contributed by atoms with Crippen molar-refractivity contribution in [1.82, 2.24) is 19.8 Å². The van der Waals surface area contributed by atoms with Gasteiger partial charge < -0.3 is 9.42 Å². The number of likely N-dealkylation sites (tertiary alicyclic amines) is 1. The minimum atomic E-state index is -4.72. The second-order valence-corrected chi connectivity index (χ2v) is 5.67. The van der Waals surface area contributed by atoms with Gasteiger partial charge in [-0.2, -0.15) is 18.3 Å². The molecule has 23 heavy (non-hydrogen) atoms. The van der Waals surface area contributed by atoms with E-state index in [2.05, 4.69) is 14.8 Å². The Balaban J connectivity index is 1.68. The van der Waals surface area contributed by atoms with Gasteiger partial charge in [-0.3, -0.25) is 9.48 Å². The second kappa shape index (κ2) is 5.88. The van der Waals surface area contributed by atoms with Crippen molar-refractivity contribution in [3.05, 3.63) is 34.9 Å². The molecule has 2 aromatic rings. The zero-order valence-electron chi connectivity index (χ0n) is 11.8. The summed E-state index contributed by atoms with van der Waals surface area (Å²) in [6.45, 7) is 0.646. The van der Waals surface area contributed by atoms with Crippen LogP contribution in [-0.2, 0) is 6.18 Å². The molecule has 0 spiro atoms. The summed E-state index contributed by atoms with van der Waals surface area (Å²) >= 11 is 5.81. The van der Waals surface area contributed by atoms with Crippen molar-refractivity contribution in [2.45, 2.75) is 25.1 Å². The summed E-state index contributed by atoms with van der Waals surface area (Å²) < 4.78 is 44.4. The van der Waals surface area contributed by atoms with Gasteiger partial charge in [0.25, 0.3) is 5.91 Å². The highest BCUT2D eigenvalue weighted by Crippen LogP contribution is 2.32. The van der Waals surface area contributed by atoms with Crippen LogP contribution in [-0.4, -0.2) is 38.8 Å². The largest absolute Gasteiger partial charge is 0.437 e. The number of aromatic nitrogens is 3. The van der Waals surface area contributed by atoms with Crippen molar-refractivity contribution >= 4 is 17.5 Å². The van der Waals surface area contributed by atoms with Crippen LogP contribution in [0.25, 0.3) is 0 Å². The summed E-state index contributed by atoms with van der Waals surface area (Å²) in [6, 6.07) is 0.0658. The van der Waals surface area contributed by atoms with Gasteiger partial charge in [-0.15, -0.1) is 0 Å². The first-order chi connectivity index (χ1) is 10.9. The van der Waals surface area contributed by atoms with E-state index in [1.165, 1.54) is 11.1 Å². The van der Waals surface area contributed by atoms with Crippen LogP contribution in [0, 0.1) is 0 Å². The molecule has 1 aliphatic rings. The quantitative estimate of drug-likeness (QED) is 0.837. The Kier molecular flexibility index (Phi) is 4.05. The molecule has 6 nitrogen and oxygen atoms in total. The molecule has 0 bridgehead atoms. The third kappa shape index (κ3) is 3.19. The molecule has 2 aromatic heterocycles. The summed E-state index contributed by atoms with van der Waals surface area (Å²) in [7, 11) is 0. The molecule has 1 aliphatic heterocycles. The van der Waals surface area contributed by atoms with E-state index >= 15 is 0 Å². The van der Waals surface area contributed by atoms with E-state index in [1.54, 1.807) is 10.9 Å². The van der Waals surface area contributed by atoms with Crippen molar-refractivity contribution in [1.29, 1.82) is 0 Å². The molecule has 0 aromatic carbocycles. The number of carbonyl (C=O) groups is 1. The van der Waals surface area contributed by atoms with Gasteiger partial charge >= 0.3 is 6.18 Å². The SMILES string of the molecule is O=C(c1conc1C(F)(F)F)N1CCC(n2cc(Cl)cn2)CC1. The second-order valence-electron chi connectivity index (χ2n) is 5.24. The standard InChI is InChI=1S/C13H12ClF3N4O2/c14-8-5-18-21(6-8)9-1-3-20(4-2-9)12(22)10-7-23-19-11(10)13(15,16)17/h5-7,9H,1-4H2. The molecule has 3 heterocycles. The monoisotopic (exact) mass is 348 g/mol. The Bertz CT molecular complexity index is 704. The molecule has 1 saturated heterocycles. The zero-order chi connectivity index (χ0) is 16.6. The van der Waals surface area contributed by atoms with Crippen LogP contribution >= 0.6 is 11.6 Å². The molecule has 3 rings (SSSR count). The number of nitrogens with zero attached hydrogens (tertiary/aromatic N) is 4. The maximum absolute atomic E-state index is 12.8. The normalized spacial score (nSPS) is 16.8. The van der Waals surface area contributed by atoms with Gasteiger partial charge in [0.05, 0.1) is 17.3 Å². The van der Waals surface area contributed by atoms with Gasteiger partial charge in [-0.25, -0.2) is 0 Å². The first kappa shape index (κ1) is 15.9. The molecule has 0 atom stereocenters. The van der Waals surface area contributed by atoms with E-state index in [4.69, 9.17) is 11.6 Å². The number of amides is 1. The van der Waals surface area contributed by atoms with Crippen molar-refractivity contribution in [3.8, 4) is 0 Å². The van der Waals surface area contributed by atoms with E-state index in [0.717, 1.165) is 6.26 Å². The number of hydrogen-bond donors (Lipinski definition) is 0. The lowest BCUT2D eigenvalue weighted by Crippen LogP contribution is -2.39. The van der Waals surface area contributed by atoms with Crippen LogP contribution in [0.1, 0.15) is 34.9 Å². The molecule has 10 heteroatoms. The Morgan fingerprint density at radius 2 is 2.04 bits per heavy atom. The van der Waals surface area contributed by atoms with E-state index in [0.29, 0.717) is 31.0 Å². The Morgan fingerprint density at radius 3 is 2.61 bits per heavy atom. The molecule has 1 amide bonds. The van der Waals surface area contributed by atoms with E-state index in [-0.39, 0.29) is 6.04 Å². The van der Waals surface area contributed by atoms with Gasteiger partial charge in [0.2, 0.25) is 0 Å². The summed E-state index contributed by atoms with van der Waals surface area (Å²) in [4.78, 5) is 13.6.